The van der Waals surface area contributed by atoms with Crippen LogP contribution < -0.4 is 0 Å². The Morgan fingerprint density at radius 3 is 2.13 bits per heavy atom. The maximum absolute atomic E-state index is 14.0. The lowest BCUT2D eigenvalue weighted by Gasteiger charge is -2.11. The van der Waals surface area contributed by atoms with E-state index in [1.807, 2.05) is 60.0 Å². The normalized spacial score (nSPS) is 12.5. The Labute approximate surface area is 264 Å². The lowest BCUT2D eigenvalue weighted by atomic mass is 10.0. The summed E-state index contributed by atoms with van der Waals surface area (Å²) in [5.74, 6) is 0.907. The molecule has 5 heterocycles. The molecule has 5 nitrogen and oxygen atoms in total. The minimum Gasteiger partial charge on any atom is -0.295 e. The van der Waals surface area contributed by atoms with Gasteiger partial charge in [0.2, 0.25) is 0 Å². The van der Waals surface area contributed by atoms with Gasteiger partial charge in [-0.15, -0.1) is 24.5 Å². The summed E-state index contributed by atoms with van der Waals surface area (Å²) in [6.07, 6.45) is -4.52. The molecule has 0 N–H and O–H groups in total. The molecule has 9 aromatic rings. The Hall–Kier alpha value is -5.41. The number of para-hydroxylation sites is 2. The van der Waals surface area contributed by atoms with Crippen molar-refractivity contribution in [3.05, 3.63) is 120 Å². The van der Waals surface area contributed by atoms with Gasteiger partial charge in [-0.25, -0.2) is 9.50 Å². The molecule has 0 aliphatic rings. The molecule has 0 saturated heterocycles. The van der Waals surface area contributed by atoms with Crippen LogP contribution in [-0.2, 0) is 6.30 Å². The standard InChI is InChI=1S/C37H24F3N5S/c1-21-18-33-36(46-21)35-34(41-22(2)43(35)26-8-4-3-5-9-26)32-20-29(42-45(32)33)24-14-12-23(13-15-24)25-16-17-31-28(19-25)27-10-6-7-11-30(27)44(31)37(38,39)40/h3-20H,1-2H3. The number of aromatic nitrogens is 5. The van der Waals surface area contributed by atoms with Gasteiger partial charge in [0.05, 0.1) is 38.0 Å². The number of benzene rings is 4. The Balaban J connectivity index is 1.17. The van der Waals surface area contributed by atoms with Crippen LogP contribution in [0.5, 0.6) is 0 Å². The van der Waals surface area contributed by atoms with Crippen molar-refractivity contribution in [3.63, 3.8) is 0 Å². The summed E-state index contributed by atoms with van der Waals surface area (Å²) in [5, 5.41) is 6.20. The van der Waals surface area contributed by atoms with Crippen molar-refractivity contribution in [1.82, 2.24) is 23.7 Å². The summed E-state index contributed by atoms with van der Waals surface area (Å²) in [4.78, 5) is 6.23. The molecule has 0 fully saturated rings. The molecule has 9 rings (SSSR count). The third kappa shape index (κ3) is 3.88. The second-order valence-electron chi connectivity index (χ2n) is 11.6. The first kappa shape index (κ1) is 26.9. The molecule has 0 saturated carbocycles. The summed E-state index contributed by atoms with van der Waals surface area (Å²) < 4.78 is 47.8. The molecule has 0 amide bonds. The topological polar surface area (TPSA) is 40.0 Å². The van der Waals surface area contributed by atoms with Crippen molar-refractivity contribution in [2.45, 2.75) is 20.1 Å². The van der Waals surface area contributed by atoms with Crippen LogP contribution in [0.4, 0.5) is 13.2 Å². The Bertz CT molecular complexity index is 2640. The highest BCUT2D eigenvalue weighted by Crippen LogP contribution is 2.40. The summed E-state index contributed by atoms with van der Waals surface area (Å²) in [6.45, 7) is 4.14. The zero-order valence-electron chi connectivity index (χ0n) is 24.7. The zero-order chi connectivity index (χ0) is 31.3. The number of nitrogens with zero attached hydrogens (tertiary/aromatic N) is 5. The van der Waals surface area contributed by atoms with E-state index in [9.17, 15) is 13.2 Å². The SMILES string of the molecule is Cc1cc2c(s1)c1c(nc(C)n1-c1ccccc1)c1cc(-c3ccc(-c4ccc5c(c4)c4ccccc4n5C(F)(F)F)cc3)nn12. The van der Waals surface area contributed by atoms with E-state index in [2.05, 4.69) is 35.8 Å². The maximum Gasteiger partial charge on any atom is 0.489 e. The molecule has 0 bridgehead atoms. The first-order valence-corrected chi connectivity index (χ1v) is 15.7. The molecule has 0 atom stereocenters. The largest absolute Gasteiger partial charge is 0.489 e. The molecule has 0 aliphatic heterocycles. The highest BCUT2D eigenvalue weighted by molar-refractivity contribution is 7.19. The number of aryl methyl sites for hydroxylation is 2. The van der Waals surface area contributed by atoms with E-state index >= 15 is 0 Å². The summed E-state index contributed by atoms with van der Waals surface area (Å²) in [6, 6.07) is 34.4. The van der Waals surface area contributed by atoms with Crippen LogP contribution in [0.2, 0.25) is 0 Å². The van der Waals surface area contributed by atoms with E-state index in [4.69, 9.17) is 10.1 Å². The number of rotatable bonds is 3. The Morgan fingerprint density at radius 2 is 1.35 bits per heavy atom. The predicted octanol–water partition coefficient (Wildman–Crippen LogP) is 10.4. The van der Waals surface area contributed by atoms with Crippen molar-refractivity contribution >= 4 is 59.9 Å². The number of pyridine rings is 1. The van der Waals surface area contributed by atoms with Gasteiger partial charge in [0.25, 0.3) is 0 Å². The molecule has 4 aromatic carbocycles. The van der Waals surface area contributed by atoms with Crippen LogP contribution in [-0.4, -0.2) is 23.7 Å². The van der Waals surface area contributed by atoms with E-state index in [1.54, 1.807) is 41.7 Å². The number of hydrogen-bond acceptors (Lipinski definition) is 3. The summed E-state index contributed by atoms with van der Waals surface area (Å²) in [7, 11) is 0. The van der Waals surface area contributed by atoms with Gasteiger partial charge in [-0.05, 0) is 67.4 Å². The fraction of sp³-hybridized carbons (Fsp3) is 0.0811. The van der Waals surface area contributed by atoms with Crippen molar-refractivity contribution in [2.75, 3.05) is 0 Å². The molecular weight excluding hydrogens is 604 g/mol. The number of halogens is 3. The predicted molar refractivity (Wildman–Crippen MR) is 180 cm³/mol. The molecule has 0 aliphatic carbocycles. The number of fused-ring (bicyclic) bond motifs is 9. The van der Waals surface area contributed by atoms with Crippen LogP contribution in [0.3, 0.4) is 0 Å². The van der Waals surface area contributed by atoms with E-state index in [-0.39, 0.29) is 11.0 Å². The number of imidazole rings is 1. The van der Waals surface area contributed by atoms with Gasteiger partial charge in [-0.3, -0.25) is 9.13 Å². The van der Waals surface area contributed by atoms with Crippen LogP contribution >= 0.6 is 11.3 Å². The third-order valence-electron chi connectivity index (χ3n) is 8.73. The second kappa shape index (κ2) is 9.55. The van der Waals surface area contributed by atoms with Crippen LogP contribution in [0, 0.1) is 13.8 Å². The van der Waals surface area contributed by atoms with Gasteiger partial charge < -0.3 is 0 Å². The Morgan fingerprint density at radius 1 is 0.652 bits per heavy atom. The first-order valence-electron chi connectivity index (χ1n) is 14.8. The number of thiophene rings is 1. The highest BCUT2D eigenvalue weighted by Gasteiger charge is 2.34. The molecule has 5 aromatic heterocycles. The molecule has 224 valence electrons. The first-order chi connectivity index (χ1) is 22.3. The van der Waals surface area contributed by atoms with E-state index in [0.717, 1.165) is 60.7 Å². The molecular formula is C37H24F3N5S. The smallest absolute Gasteiger partial charge is 0.295 e. The molecule has 0 unspecified atom stereocenters. The maximum atomic E-state index is 14.0. The molecule has 0 spiro atoms. The van der Waals surface area contributed by atoms with Crippen LogP contribution in [0.15, 0.2) is 109 Å². The molecule has 46 heavy (non-hydrogen) atoms. The molecule has 0 radical (unpaired) electrons. The third-order valence-corrected chi connectivity index (χ3v) is 9.78. The van der Waals surface area contributed by atoms with E-state index < -0.39 is 6.30 Å². The van der Waals surface area contributed by atoms with Crippen molar-refractivity contribution in [3.8, 4) is 28.1 Å². The minimum atomic E-state index is -4.52. The second-order valence-corrected chi connectivity index (χ2v) is 12.8. The van der Waals surface area contributed by atoms with E-state index in [0.29, 0.717) is 15.3 Å². The van der Waals surface area contributed by atoms with Crippen molar-refractivity contribution < 1.29 is 13.2 Å². The van der Waals surface area contributed by atoms with Gasteiger partial charge in [-0.2, -0.15) is 5.10 Å². The van der Waals surface area contributed by atoms with E-state index in [1.165, 1.54) is 10.9 Å². The quantitative estimate of drug-likeness (QED) is 0.196. The van der Waals surface area contributed by atoms with Crippen molar-refractivity contribution in [1.29, 1.82) is 0 Å². The molecule has 9 heteroatoms. The van der Waals surface area contributed by atoms with Crippen LogP contribution in [0.1, 0.15) is 10.7 Å². The van der Waals surface area contributed by atoms with Crippen molar-refractivity contribution in [2.24, 2.45) is 0 Å². The highest BCUT2D eigenvalue weighted by atomic mass is 32.1. The van der Waals surface area contributed by atoms with Gasteiger partial charge in [0.1, 0.15) is 11.3 Å². The average molecular weight is 628 g/mol. The minimum absolute atomic E-state index is 0.144. The van der Waals surface area contributed by atoms with Gasteiger partial charge in [-0.1, -0.05) is 66.7 Å². The zero-order valence-corrected chi connectivity index (χ0v) is 25.5. The van der Waals surface area contributed by atoms with Gasteiger partial charge >= 0.3 is 6.30 Å². The Kier molecular flexibility index (Phi) is 5.59. The monoisotopic (exact) mass is 627 g/mol. The lowest BCUT2D eigenvalue weighted by molar-refractivity contribution is -0.197. The fourth-order valence-corrected chi connectivity index (χ4v) is 7.80. The lowest BCUT2D eigenvalue weighted by Crippen LogP contribution is -2.15. The van der Waals surface area contributed by atoms with Gasteiger partial charge in [0.15, 0.2) is 0 Å². The average Bonchev–Trinajstić information content (AvgIpc) is 3.82. The number of alkyl halides is 3. The van der Waals surface area contributed by atoms with Gasteiger partial charge in [0, 0.05) is 26.9 Å². The fourth-order valence-electron chi connectivity index (χ4n) is 6.77. The summed E-state index contributed by atoms with van der Waals surface area (Å²) in [5.41, 5.74) is 8.82. The number of hydrogen-bond donors (Lipinski definition) is 0. The van der Waals surface area contributed by atoms with Crippen LogP contribution in [0.25, 0.3) is 76.6 Å². The summed E-state index contributed by atoms with van der Waals surface area (Å²) >= 11 is 1.74.